The van der Waals surface area contributed by atoms with Crippen molar-refractivity contribution in [3.63, 3.8) is 0 Å². The summed E-state index contributed by atoms with van der Waals surface area (Å²) in [7, 11) is 0. The quantitative estimate of drug-likeness (QED) is 0.351. The maximum Gasteiger partial charge on any atom is 0.134 e. The molecule has 0 aliphatic heterocycles. The Morgan fingerprint density at radius 3 is 2.52 bits per heavy atom. The lowest BCUT2D eigenvalue weighted by atomic mass is 10.00. The van der Waals surface area contributed by atoms with E-state index in [0.29, 0.717) is 11.4 Å². The molecule has 0 spiro atoms. The number of hydrogen-bond donors (Lipinski definition) is 2. The lowest BCUT2D eigenvalue weighted by molar-refractivity contribution is 1.10. The summed E-state index contributed by atoms with van der Waals surface area (Å²) >= 11 is 0. The molecular formula is C27H24N6. The van der Waals surface area contributed by atoms with Crippen LogP contribution in [0.3, 0.4) is 0 Å². The highest BCUT2D eigenvalue weighted by Crippen LogP contribution is 2.31. The van der Waals surface area contributed by atoms with E-state index in [4.69, 9.17) is 4.98 Å². The van der Waals surface area contributed by atoms with Crippen LogP contribution in [-0.4, -0.2) is 25.1 Å². The van der Waals surface area contributed by atoms with E-state index in [1.54, 1.807) is 0 Å². The molecule has 6 nitrogen and oxygen atoms in total. The number of rotatable bonds is 5. The Hall–Kier alpha value is -4.32. The van der Waals surface area contributed by atoms with E-state index >= 15 is 0 Å². The number of fused-ring (bicyclic) bond motifs is 1. The fraction of sp³-hybridized carbons (Fsp3) is 0.111. The topological polar surface area (TPSA) is 79.4 Å². The zero-order valence-electron chi connectivity index (χ0n) is 18.8. The molecule has 0 aliphatic rings. The molecule has 4 heterocycles. The number of hydrogen-bond acceptors (Lipinski definition) is 5. The first-order valence-corrected chi connectivity index (χ1v) is 10.7. The average molecular weight is 433 g/mol. The van der Waals surface area contributed by atoms with Crippen molar-refractivity contribution >= 4 is 22.4 Å². The third-order valence-electron chi connectivity index (χ3n) is 5.69. The Bertz CT molecular complexity index is 1500. The van der Waals surface area contributed by atoms with Crippen molar-refractivity contribution < 1.29 is 0 Å². The monoisotopic (exact) mass is 432 g/mol. The van der Waals surface area contributed by atoms with Crippen LogP contribution in [-0.2, 0) is 0 Å². The van der Waals surface area contributed by atoms with Crippen LogP contribution in [0.1, 0.15) is 22.4 Å². The summed E-state index contributed by atoms with van der Waals surface area (Å²) in [6, 6.07) is 14.4. The van der Waals surface area contributed by atoms with Crippen LogP contribution in [0.25, 0.3) is 39.1 Å². The van der Waals surface area contributed by atoms with Crippen molar-refractivity contribution in [3.8, 4) is 22.4 Å². The number of aromatic amines is 1. The molecule has 0 saturated carbocycles. The number of benzene rings is 1. The lowest BCUT2D eigenvalue weighted by Gasteiger charge is -2.14. The highest BCUT2D eigenvalue weighted by molar-refractivity contribution is 5.91. The first-order chi connectivity index (χ1) is 16.0. The average Bonchev–Trinajstić information content (AvgIpc) is 3.24. The lowest BCUT2D eigenvalue weighted by Crippen LogP contribution is -2.02. The number of H-pyrrole nitrogens is 1. The Balaban J connectivity index is 1.49. The van der Waals surface area contributed by atoms with Crippen LogP contribution in [0, 0.1) is 20.8 Å². The molecule has 0 amide bonds. The van der Waals surface area contributed by atoms with Gasteiger partial charge in [0.05, 0.1) is 28.8 Å². The standard InChI is InChI=1S/C27H24N6/c1-16-6-5-7-20(10-16)22-14-29-15-25(18(22)3)30-19(4)26-27-24(32-33-26)9-8-23(31-27)21-11-17(2)12-28-13-21/h5-15,30H,4H2,1-3H3,(H,32,33). The van der Waals surface area contributed by atoms with E-state index in [9.17, 15) is 0 Å². The smallest absolute Gasteiger partial charge is 0.134 e. The predicted octanol–water partition coefficient (Wildman–Crippen LogP) is 6.09. The summed E-state index contributed by atoms with van der Waals surface area (Å²) in [5, 5.41) is 10.9. The van der Waals surface area contributed by atoms with Crippen molar-refractivity contribution in [1.82, 2.24) is 25.1 Å². The van der Waals surface area contributed by atoms with Gasteiger partial charge in [-0.15, -0.1) is 0 Å². The summed E-state index contributed by atoms with van der Waals surface area (Å²) in [5.41, 5.74) is 11.2. The van der Waals surface area contributed by atoms with Gasteiger partial charge in [-0.2, -0.15) is 5.10 Å². The maximum absolute atomic E-state index is 4.86. The van der Waals surface area contributed by atoms with Gasteiger partial charge in [0.1, 0.15) is 11.2 Å². The molecule has 1 aromatic carbocycles. The number of nitrogens with zero attached hydrogens (tertiary/aromatic N) is 4. The Labute approximate surface area is 192 Å². The number of anilines is 1. The first-order valence-electron chi connectivity index (χ1n) is 10.7. The van der Waals surface area contributed by atoms with Crippen molar-refractivity contribution in [1.29, 1.82) is 0 Å². The van der Waals surface area contributed by atoms with Crippen LogP contribution in [0.5, 0.6) is 0 Å². The van der Waals surface area contributed by atoms with Gasteiger partial charge in [-0.25, -0.2) is 4.98 Å². The molecule has 0 bridgehead atoms. The van der Waals surface area contributed by atoms with Gasteiger partial charge in [0.2, 0.25) is 0 Å². The van der Waals surface area contributed by atoms with Crippen LogP contribution in [0.2, 0.25) is 0 Å². The molecule has 6 heteroatoms. The summed E-state index contributed by atoms with van der Waals surface area (Å²) in [5.74, 6) is 0. The number of nitrogens with one attached hydrogen (secondary N) is 2. The van der Waals surface area contributed by atoms with Gasteiger partial charge in [-0.05, 0) is 55.7 Å². The Morgan fingerprint density at radius 2 is 1.70 bits per heavy atom. The number of pyridine rings is 3. The van der Waals surface area contributed by atoms with E-state index in [1.807, 2.05) is 43.8 Å². The maximum atomic E-state index is 4.86. The van der Waals surface area contributed by atoms with Gasteiger partial charge < -0.3 is 5.32 Å². The summed E-state index contributed by atoms with van der Waals surface area (Å²) in [4.78, 5) is 13.6. The fourth-order valence-electron chi connectivity index (χ4n) is 3.94. The molecule has 0 unspecified atom stereocenters. The predicted molar refractivity (Wildman–Crippen MR) is 134 cm³/mol. The highest BCUT2D eigenvalue weighted by Gasteiger charge is 2.15. The Morgan fingerprint density at radius 1 is 0.879 bits per heavy atom. The summed E-state index contributed by atoms with van der Waals surface area (Å²) < 4.78 is 0. The second-order valence-corrected chi connectivity index (χ2v) is 8.25. The molecule has 0 aliphatic carbocycles. The second kappa shape index (κ2) is 8.31. The number of aromatic nitrogens is 5. The highest BCUT2D eigenvalue weighted by atomic mass is 15.1. The van der Waals surface area contributed by atoms with Crippen LogP contribution in [0.15, 0.2) is 73.8 Å². The minimum Gasteiger partial charge on any atom is -0.353 e. The van der Waals surface area contributed by atoms with Crippen LogP contribution < -0.4 is 5.32 Å². The van der Waals surface area contributed by atoms with Gasteiger partial charge >= 0.3 is 0 Å². The SMILES string of the molecule is C=C(Nc1cncc(-c2cccc(C)c2)c1C)c1n[nH]c2ccc(-c3cncc(C)c3)nc12. The molecule has 0 saturated heterocycles. The molecule has 0 radical (unpaired) electrons. The molecule has 0 atom stereocenters. The second-order valence-electron chi connectivity index (χ2n) is 8.25. The molecule has 0 fully saturated rings. The minimum absolute atomic E-state index is 0.652. The van der Waals surface area contributed by atoms with Gasteiger partial charge in [0, 0.05) is 29.7 Å². The van der Waals surface area contributed by atoms with E-state index in [0.717, 1.165) is 50.2 Å². The van der Waals surface area contributed by atoms with Gasteiger partial charge in [0.25, 0.3) is 0 Å². The molecule has 5 rings (SSSR count). The largest absolute Gasteiger partial charge is 0.353 e. The fourth-order valence-corrected chi connectivity index (χ4v) is 3.94. The molecule has 162 valence electrons. The third kappa shape index (κ3) is 3.99. The van der Waals surface area contributed by atoms with Gasteiger partial charge in [-0.3, -0.25) is 15.1 Å². The van der Waals surface area contributed by atoms with Crippen LogP contribution >= 0.6 is 0 Å². The van der Waals surface area contributed by atoms with Crippen LogP contribution in [0.4, 0.5) is 5.69 Å². The van der Waals surface area contributed by atoms with Crippen molar-refractivity contribution in [3.05, 3.63) is 96.2 Å². The summed E-state index contributed by atoms with van der Waals surface area (Å²) in [6.07, 6.45) is 7.36. The molecule has 33 heavy (non-hydrogen) atoms. The molecule has 2 N–H and O–H groups in total. The van der Waals surface area contributed by atoms with Gasteiger partial charge in [0.15, 0.2) is 0 Å². The van der Waals surface area contributed by atoms with E-state index < -0.39 is 0 Å². The molecule has 5 aromatic rings. The first kappa shape index (κ1) is 20.6. The van der Waals surface area contributed by atoms with Crippen molar-refractivity contribution in [2.45, 2.75) is 20.8 Å². The van der Waals surface area contributed by atoms with Gasteiger partial charge in [-0.1, -0.05) is 36.4 Å². The zero-order chi connectivity index (χ0) is 22.9. The third-order valence-corrected chi connectivity index (χ3v) is 5.69. The minimum atomic E-state index is 0.652. The molecular weight excluding hydrogens is 408 g/mol. The van der Waals surface area contributed by atoms with E-state index in [-0.39, 0.29) is 0 Å². The van der Waals surface area contributed by atoms with E-state index in [1.165, 1.54) is 5.56 Å². The number of aryl methyl sites for hydroxylation is 2. The van der Waals surface area contributed by atoms with Crippen molar-refractivity contribution in [2.75, 3.05) is 5.32 Å². The van der Waals surface area contributed by atoms with E-state index in [2.05, 4.69) is 76.2 Å². The normalized spacial score (nSPS) is 11.0. The molecule has 4 aromatic heterocycles. The summed E-state index contributed by atoms with van der Waals surface area (Å²) in [6.45, 7) is 10.4. The Kier molecular flexibility index (Phi) is 5.18. The zero-order valence-corrected chi connectivity index (χ0v) is 18.8. The van der Waals surface area contributed by atoms with Crippen molar-refractivity contribution in [2.24, 2.45) is 0 Å².